The lowest BCUT2D eigenvalue weighted by atomic mass is 9.92. The van der Waals surface area contributed by atoms with Gasteiger partial charge in [0.25, 0.3) is 0 Å². The Kier molecular flexibility index (Phi) is 4.25. The summed E-state index contributed by atoms with van der Waals surface area (Å²) in [6.45, 7) is 0.933. The molecule has 1 aromatic rings. The van der Waals surface area contributed by atoms with Gasteiger partial charge in [0.15, 0.2) is 0 Å². The first-order chi connectivity index (χ1) is 10.7. The standard InChI is InChI=1S/C17H24N2O3/c1-21-14-4-5-15-12(9-14)8-13(10-22-15)16(20)19-17(11-18)6-2-3-7-17/h4-5,9,13H,2-3,6-8,10-11,18H2,1H3,(H,19,20). The number of ether oxygens (including phenoxy) is 2. The summed E-state index contributed by atoms with van der Waals surface area (Å²) in [5, 5.41) is 3.20. The van der Waals surface area contributed by atoms with Gasteiger partial charge in [0, 0.05) is 6.54 Å². The predicted molar refractivity (Wildman–Crippen MR) is 84.1 cm³/mol. The summed E-state index contributed by atoms with van der Waals surface area (Å²) < 4.78 is 11.0. The number of carbonyl (C=O) groups excluding carboxylic acids is 1. The fraction of sp³-hybridized carbons (Fsp3) is 0.588. The maximum atomic E-state index is 12.6. The normalized spacial score (nSPS) is 22.5. The number of amides is 1. The van der Waals surface area contributed by atoms with E-state index < -0.39 is 0 Å². The van der Waals surface area contributed by atoms with Crippen LogP contribution in [0.25, 0.3) is 0 Å². The molecule has 120 valence electrons. The summed E-state index contributed by atoms with van der Waals surface area (Å²) in [5.41, 5.74) is 6.72. The van der Waals surface area contributed by atoms with Crippen LogP contribution in [0.4, 0.5) is 0 Å². The van der Waals surface area contributed by atoms with Crippen molar-refractivity contribution in [3.05, 3.63) is 23.8 Å². The number of nitrogens with one attached hydrogen (secondary N) is 1. The van der Waals surface area contributed by atoms with Crippen molar-refractivity contribution in [3.63, 3.8) is 0 Å². The molecule has 1 saturated carbocycles. The van der Waals surface area contributed by atoms with E-state index in [4.69, 9.17) is 15.2 Å². The van der Waals surface area contributed by atoms with Crippen LogP contribution in [0.15, 0.2) is 18.2 Å². The Labute approximate surface area is 131 Å². The molecule has 1 heterocycles. The summed E-state index contributed by atoms with van der Waals surface area (Å²) in [4.78, 5) is 12.6. The van der Waals surface area contributed by atoms with Crippen LogP contribution in [0.2, 0.25) is 0 Å². The summed E-state index contributed by atoms with van der Waals surface area (Å²) in [7, 11) is 1.64. The van der Waals surface area contributed by atoms with E-state index in [9.17, 15) is 4.79 Å². The third kappa shape index (κ3) is 2.90. The number of hydrogen-bond acceptors (Lipinski definition) is 4. The largest absolute Gasteiger partial charge is 0.497 e. The molecule has 2 aliphatic rings. The average molecular weight is 304 g/mol. The summed E-state index contributed by atoms with van der Waals surface area (Å²) in [6, 6.07) is 5.73. The topological polar surface area (TPSA) is 73.6 Å². The molecular weight excluding hydrogens is 280 g/mol. The van der Waals surface area contributed by atoms with Crippen molar-refractivity contribution in [2.45, 2.75) is 37.6 Å². The lowest BCUT2D eigenvalue weighted by Gasteiger charge is -2.32. The molecule has 1 aliphatic heterocycles. The van der Waals surface area contributed by atoms with Gasteiger partial charge in [-0.3, -0.25) is 4.79 Å². The molecule has 5 nitrogen and oxygen atoms in total. The Morgan fingerprint density at radius 2 is 2.23 bits per heavy atom. The Morgan fingerprint density at radius 1 is 1.45 bits per heavy atom. The molecule has 1 aliphatic carbocycles. The molecule has 0 saturated heterocycles. The third-order valence-corrected chi connectivity index (χ3v) is 4.88. The number of benzene rings is 1. The van der Waals surface area contributed by atoms with Crippen LogP contribution in [-0.4, -0.2) is 31.7 Å². The van der Waals surface area contributed by atoms with Crippen LogP contribution < -0.4 is 20.5 Å². The van der Waals surface area contributed by atoms with E-state index in [2.05, 4.69) is 5.32 Å². The van der Waals surface area contributed by atoms with Crippen LogP contribution in [0, 0.1) is 5.92 Å². The second-order valence-corrected chi connectivity index (χ2v) is 6.37. The van der Waals surface area contributed by atoms with E-state index in [-0.39, 0.29) is 17.4 Å². The quantitative estimate of drug-likeness (QED) is 0.887. The fourth-order valence-electron chi connectivity index (χ4n) is 3.46. The van der Waals surface area contributed by atoms with Crippen molar-refractivity contribution < 1.29 is 14.3 Å². The highest BCUT2D eigenvalue weighted by Crippen LogP contribution is 2.32. The zero-order chi connectivity index (χ0) is 15.6. The van der Waals surface area contributed by atoms with Gasteiger partial charge in [-0.1, -0.05) is 12.8 Å². The minimum absolute atomic E-state index is 0.0563. The van der Waals surface area contributed by atoms with E-state index in [1.165, 1.54) is 0 Å². The molecule has 3 rings (SSSR count). The zero-order valence-corrected chi connectivity index (χ0v) is 13.1. The number of rotatable bonds is 4. The van der Waals surface area contributed by atoms with Gasteiger partial charge in [0.05, 0.1) is 18.6 Å². The van der Waals surface area contributed by atoms with Gasteiger partial charge < -0.3 is 20.5 Å². The van der Waals surface area contributed by atoms with Gasteiger partial charge >= 0.3 is 0 Å². The van der Waals surface area contributed by atoms with E-state index in [1.54, 1.807) is 7.11 Å². The Hall–Kier alpha value is -1.75. The van der Waals surface area contributed by atoms with Crippen molar-refractivity contribution in [3.8, 4) is 11.5 Å². The second-order valence-electron chi connectivity index (χ2n) is 6.37. The lowest BCUT2D eigenvalue weighted by Crippen LogP contribution is -2.54. The molecule has 0 aromatic heterocycles. The molecule has 1 atom stereocenters. The number of fused-ring (bicyclic) bond motifs is 1. The molecule has 0 spiro atoms. The molecule has 5 heteroatoms. The maximum Gasteiger partial charge on any atom is 0.227 e. The van der Waals surface area contributed by atoms with Gasteiger partial charge in [0.1, 0.15) is 18.1 Å². The molecule has 1 aromatic carbocycles. The lowest BCUT2D eigenvalue weighted by molar-refractivity contribution is -0.128. The van der Waals surface area contributed by atoms with Gasteiger partial charge in [-0.2, -0.15) is 0 Å². The number of hydrogen-bond donors (Lipinski definition) is 2. The van der Waals surface area contributed by atoms with Gasteiger partial charge in [-0.05, 0) is 43.0 Å². The molecule has 0 bridgehead atoms. The molecular formula is C17H24N2O3. The number of carbonyl (C=O) groups is 1. The first-order valence-corrected chi connectivity index (χ1v) is 7.97. The summed E-state index contributed by atoms with van der Waals surface area (Å²) in [5.74, 6) is 1.53. The van der Waals surface area contributed by atoms with Crippen LogP contribution in [0.3, 0.4) is 0 Å². The Balaban J connectivity index is 1.69. The van der Waals surface area contributed by atoms with Crippen LogP contribution in [0.5, 0.6) is 11.5 Å². The van der Waals surface area contributed by atoms with Crippen LogP contribution in [0.1, 0.15) is 31.2 Å². The Bertz CT molecular complexity index is 553. The van der Waals surface area contributed by atoms with Gasteiger partial charge in [0.2, 0.25) is 5.91 Å². The molecule has 3 N–H and O–H groups in total. The van der Waals surface area contributed by atoms with Crippen LogP contribution >= 0.6 is 0 Å². The molecule has 22 heavy (non-hydrogen) atoms. The first kappa shape index (κ1) is 15.2. The smallest absolute Gasteiger partial charge is 0.227 e. The molecule has 0 radical (unpaired) electrons. The van der Waals surface area contributed by atoms with Crippen molar-refractivity contribution in [1.29, 1.82) is 0 Å². The van der Waals surface area contributed by atoms with E-state index in [0.717, 1.165) is 42.7 Å². The van der Waals surface area contributed by atoms with Gasteiger partial charge in [-0.15, -0.1) is 0 Å². The van der Waals surface area contributed by atoms with Crippen molar-refractivity contribution in [2.24, 2.45) is 11.7 Å². The third-order valence-electron chi connectivity index (χ3n) is 4.88. The number of methoxy groups -OCH3 is 1. The van der Waals surface area contributed by atoms with Crippen molar-refractivity contribution in [1.82, 2.24) is 5.32 Å². The predicted octanol–water partition coefficient (Wildman–Crippen LogP) is 1.63. The minimum atomic E-state index is -0.203. The molecule has 1 amide bonds. The number of nitrogens with two attached hydrogens (primary N) is 1. The Morgan fingerprint density at radius 3 is 2.91 bits per heavy atom. The van der Waals surface area contributed by atoms with Crippen molar-refractivity contribution in [2.75, 3.05) is 20.3 Å². The highest BCUT2D eigenvalue weighted by molar-refractivity contribution is 5.80. The SMILES string of the molecule is COc1ccc2c(c1)CC(C(=O)NC1(CN)CCCC1)CO2. The zero-order valence-electron chi connectivity index (χ0n) is 13.1. The second kappa shape index (κ2) is 6.16. The highest BCUT2D eigenvalue weighted by Gasteiger charge is 2.36. The minimum Gasteiger partial charge on any atom is -0.497 e. The van der Waals surface area contributed by atoms with E-state index >= 15 is 0 Å². The monoisotopic (exact) mass is 304 g/mol. The van der Waals surface area contributed by atoms with Crippen molar-refractivity contribution >= 4 is 5.91 Å². The summed E-state index contributed by atoms with van der Waals surface area (Å²) in [6.07, 6.45) is 4.91. The maximum absolute atomic E-state index is 12.6. The molecule has 1 fully saturated rings. The van der Waals surface area contributed by atoms with E-state index in [0.29, 0.717) is 19.6 Å². The average Bonchev–Trinajstić information content (AvgIpc) is 3.02. The highest BCUT2D eigenvalue weighted by atomic mass is 16.5. The van der Waals surface area contributed by atoms with Crippen LogP contribution in [-0.2, 0) is 11.2 Å². The molecule has 1 unspecified atom stereocenters. The van der Waals surface area contributed by atoms with Gasteiger partial charge in [-0.25, -0.2) is 0 Å². The van der Waals surface area contributed by atoms with E-state index in [1.807, 2.05) is 18.2 Å². The fourth-order valence-corrected chi connectivity index (χ4v) is 3.46. The first-order valence-electron chi connectivity index (χ1n) is 7.97. The summed E-state index contributed by atoms with van der Waals surface area (Å²) >= 11 is 0.